The number of nitro benzene ring substituents is 1. The maximum atomic E-state index is 12.0. The molecule has 25 heavy (non-hydrogen) atoms. The number of benzene rings is 1. The van der Waals surface area contributed by atoms with Gasteiger partial charge in [-0.2, -0.15) is 0 Å². The van der Waals surface area contributed by atoms with E-state index in [4.69, 9.17) is 9.47 Å². The molecule has 1 amide bonds. The Bertz CT molecular complexity index is 789. The maximum absolute atomic E-state index is 12.0. The summed E-state index contributed by atoms with van der Waals surface area (Å²) in [4.78, 5) is 30.5. The fourth-order valence-electron chi connectivity index (χ4n) is 2.63. The van der Waals surface area contributed by atoms with Crippen molar-refractivity contribution >= 4 is 22.7 Å². The highest BCUT2D eigenvalue weighted by Gasteiger charge is 2.21. The third kappa shape index (κ3) is 3.77. The van der Waals surface area contributed by atoms with Crippen LogP contribution < -0.4 is 4.74 Å². The van der Waals surface area contributed by atoms with Crippen molar-refractivity contribution < 1.29 is 19.2 Å². The molecule has 0 spiro atoms. The van der Waals surface area contributed by atoms with Crippen molar-refractivity contribution in [1.82, 2.24) is 14.8 Å². The third-order valence-corrected chi connectivity index (χ3v) is 4.06. The number of rotatable bonds is 4. The molecule has 0 bridgehead atoms. The molecule has 0 atom stereocenters. The van der Waals surface area contributed by atoms with Gasteiger partial charge in [-0.15, -0.1) is 0 Å². The summed E-state index contributed by atoms with van der Waals surface area (Å²) in [6.07, 6.45) is 1.09. The molecule has 132 valence electrons. The third-order valence-electron chi connectivity index (χ3n) is 4.06. The van der Waals surface area contributed by atoms with Crippen LogP contribution in [0, 0.1) is 10.1 Å². The molecule has 0 saturated carbocycles. The highest BCUT2D eigenvalue weighted by Crippen LogP contribution is 2.31. The Hall–Kier alpha value is -2.94. The first-order valence-electron chi connectivity index (χ1n) is 7.81. The number of nitro groups is 1. The molecule has 0 N–H and O–H groups in total. The molecule has 0 radical (unpaired) electrons. The lowest BCUT2D eigenvalue weighted by atomic mass is 10.1. The number of ether oxygens (including phenoxy) is 2. The van der Waals surface area contributed by atoms with Gasteiger partial charge in [-0.25, -0.2) is 4.79 Å². The van der Waals surface area contributed by atoms with Crippen LogP contribution in [0.15, 0.2) is 30.5 Å². The van der Waals surface area contributed by atoms with Crippen LogP contribution in [0.4, 0.5) is 10.5 Å². The van der Waals surface area contributed by atoms with Crippen LogP contribution in [0.1, 0.15) is 0 Å². The Morgan fingerprint density at radius 3 is 2.76 bits per heavy atom. The number of carbonyl (C=O) groups is 1. The minimum atomic E-state index is -0.471. The molecule has 1 aromatic carbocycles. The second kappa shape index (κ2) is 7.31. The first-order chi connectivity index (χ1) is 12.1. The summed E-state index contributed by atoms with van der Waals surface area (Å²) in [5, 5.41) is 11.5. The van der Waals surface area contributed by atoms with Crippen LogP contribution in [0.25, 0.3) is 10.9 Å². The van der Waals surface area contributed by atoms with Crippen LogP contribution in [0.5, 0.6) is 5.75 Å². The van der Waals surface area contributed by atoms with E-state index in [2.05, 4.69) is 9.88 Å². The zero-order chi connectivity index (χ0) is 17.8. The van der Waals surface area contributed by atoms with Crippen molar-refractivity contribution in [3.63, 3.8) is 0 Å². The molecule has 0 aliphatic carbocycles. The Labute approximate surface area is 143 Å². The van der Waals surface area contributed by atoms with Crippen molar-refractivity contribution in [2.45, 2.75) is 0 Å². The van der Waals surface area contributed by atoms with E-state index in [0.717, 1.165) is 13.1 Å². The first-order valence-corrected chi connectivity index (χ1v) is 7.81. The normalized spacial score (nSPS) is 15.2. The van der Waals surface area contributed by atoms with Gasteiger partial charge in [0.2, 0.25) is 6.79 Å². The number of fused-ring (bicyclic) bond motifs is 1. The van der Waals surface area contributed by atoms with Gasteiger partial charge < -0.3 is 19.3 Å². The van der Waals surface area contributed by atoms with Crippen molar-refractivity contribution in [3.05, 3.63) is 40.6 Å². The summed E-state index contributed by atoms with van der Waals surface area (Å²) < 4.78 is 10.6. The van der Waals surface area contributed by atoms with Crippen LogP contribution in [-0.4, -0.2) is 65.8 Å². The standard InChI is InChI=1S/C16H18N4O5/c1-18-7-9-19(10-8-18)16(21)25-11-24-14-5-4-13(20(22)23)12-3-2-6-17-15(12)14/h2-6H,7-11H2,1H3. The summed E-state index contributed by atoms with van der Waals surface area (Å²) in [5.41, 5.74) is 0.303. The number of piperazine rings is 1. The van der Waals surface area contributed by atoms with Crippen LogP contribution in [-0.2, 0) is 4.74 Å². The monoisotopic (exact) mass is 346 g/mol. The molecule has 0 unspecified atom stereocenters. The van der Waals surface area contributed by atoms with E-state index in [1.165, 1.54) is 18.3 Å². The number of hydrogen-bond acceptors (Lipinski definition) is 7. The molecule has 1 aliphatic rings. The van der Waals surface area contributed by atoms with Gasteiger partial charge in [-0.05, 0) is 25.2 Å². The lowest BCUT2D eigenvalue weighted by Crippen LogP contribution is -2.47. The van der Waals surface area contributed by atoms with Gasteiger partial charge >= 0.3 is 6.09 Å². The summed E-state index contributed by atoms with van der Waals surface area (Å²) in [6.45, 7) is 2.53. The Kier molecular flexibility index (Phi) is 4.94. The second-order valence-electron chi connectivity index (χ2n) is 5.70. The molecule has 1 aliphatic heterocycles. The van der Waals surface area contributed by atoms with E-state index < -0.39 is 11.0 Å². The second-order valence-corrected chi connectivity index (χ2v) is 5.70. The fourth-order valence-corrected chi connectivity index (χ4v) is 2.63. The molecular formula is C16H18N4O5. The summed E-state index contributed by atoms with van der Waals surface area (Å²) in [6, 6.07) is 6.02. The van der Waals surface area contributed by atoms with E-state index in [1.54, 1.807) is 17.0 Å². The van der Waals surface area contributed by atoms with Crippen molar-refractivity contribution in [2.24, 2.45) is 0 Å². The minimum Gasteiger partial charge on any atom is -0.455 e. The molecule has 2 heterocycles. The summed E-state index contributed by atoms with van der Waals surface area (Å²) in [7, 11) is 2.00. The molecule has 2 aromatic rings. The Morgan fingerprint density at radius 2 is 2.04 bits per heavy atom. The predicted molar refractivity (Wildman–Crippen MR) is 89.4 cm³/mol. The molecule has 9 nitrogen and oxygen atoms in total. The Balaban J connectivity index is 1.65. The van der Waals surface area contributed by atoms with Gasteiger partial charge in [-0.1, -0.05) is 0 Å². The highest BCUT2D eigenvalue weighted by atomic mass is 16.7. The number of amides is 1. The summed E-state index contributed by atoms with van der Waals surface area (Å²) >= 11 is 0. The van der Waals surface area contributed by atoms with E-state index in [-0.39, 0.29) is 12.5 Å². The number of nitrogens with zero attached hydrogens (tertiary/aromatic N) is 4. The quantitative estimate of drug-likeness (QED) is 0.473. The van der Waals surface area contributed by atoms with E-state index >= 15 is 0 Å². The van der Waals surface area contributed by atoms with Crippen molar-refractivity contribution in [1.29, 1.82) is 0 Å². The SMILES string of the molecule is CN1CCN(C(=O)OCOc2ccc([N+](=O)[O-])c3cccnc23)CC1. The van der Waals surface area contributed by atoms with Crippen molar-refractivity contribution in [2.75, 3.05) is 40.0 Å². The maximum Gasteiger partial charge on any atom is 0.412 e. The number of likely N-dealkylation sites (N-methyl/N-ethyl adjacent to an activating group) is 1. The number of hydrogen-bond donors (Lipinski definition) is 0. The Morgan fingerprint density at radius 1 is 1.28 bits per heavy atom. The molecular weight excluding hydrogens is 328 g/mol. The topological polar surface area (TPSA) is 98.0 Å². The summed E-state index contributed by atoms with van der Waals surface area (Å²) in [5.74, 6) is 0.326. The average molecular weight is 346 g/mol. The fraction of sp³-hybridized carbons (Fsp3) is 0.375. The number of aromatic nitrogens is 1. The van der Waals surface area contributed by atoms with E-state index in [9.17, 15) is 14.9 Å². The van der Waals surface area contributed by atoms with Gasteiger partial charge in [0.1, 0.15) is 11.3 Å². The predicted octanol–water partition coefficient (Wildman–Crippen LogP) is 1.86. The molecule has 1 aromatic heterocycles. The minimum absolute atomic E-state index is 0.0510. The zero-order valence-corrected chi connectivity index (χ0v) is 13.8. The molecule has 3 rings (SSSR count). The van der Waals surface area contributed by atoms with E-state index in [1.807, 2.05) is 7.05 Å². The smallest absolute Gasteiger partial charge is 0.412 e. The first kappa shape index (κ1) is 16.9. The number of pyridine rings is 1. The zero-order valence-electron chi connectivity index (χ0n) is 13.8. The van der Waals surface area contributed by atoms with Crippen LogP contribution in [0.3, 0.4) is 0 Å². The van der Waals surface area contributed by atoms with Crippen LogP contribution in [0.2, 0.25) is 0 Å². The van der Waals surface area contributed by atoms with Gasteiger partial charge in [-0.3, -0.25) is 15.1 Å². The molecule has 1 fully saturated rings. The lowest BCUT2D eigenvalue weighted by molar-refractivity contribution is -0.383. The highest BCUT2D eigenvalue weighted by molar-refractivity contribution is 5.92. The van der Waals surface area contributed by atoms with Crippen LogP contribution >= 0.6 is 0 Å². The van der Waals surface area contributed by atoms with Gasteiger partial charge in [0.25, 0.3) is 5.69 Å². The largest absolute Gasteiger partial charge is 0.455 e. The lowest BCUT2D eigenvalue weighted by Gasteiger charge is -2.31. The number of non-ortho nitro benzene ring substituents is 1. The van der Waals surface area contributed by atoms with E-state index in [0.29, 0.717) is 29.7 Å². The molecule has 9 heteroatoms. The van der Waals surface area contributed by atoms with Gasteiger partial charge in [0, 0.05) is 38.4 Å². The average Bonchev–Trinajstić information content (AvgIpc) is 2.62. The van der Waals surface area contributed by atoms with Crippen molar-refractivity contribution in [3.8, 4) is 5.75 Å². The number of carbonyl (C=O) groups excluding carboxylic acids is 1. The van der Waals surface area contributed by atoms with Gasteiger partial charge in [0.15, 0.2) is 0 Å². The van der Waals surface area contributed by atoms with Gasteiger partial charge in [0.05, 0.1) is 10.3 Å². The molecule has 1 saturated heterocycles.